The van der Waals surface area contributed by atoms with E-state index in [1.807, 2.05) is 41.1 Å². The lowest BCUT2D eigenvalue weighted by Crippen LogP contribution is -2.43. The van der Waals surface area contributed by atoms with Gasteiger partial charge in [-0.25, -0.2) is 0 Å². The molecule has 0 saturated carbocycles. The fourth-order valence-corrected chi connectivity index (χ4v) is 4.73. The zero-order valence-corrected chi connectivity index (χ0v) is 17.1. The van der Waals surface area contributed by atoms with E-state index in [9.17, 15) is 9.90 Å². The molecule has 0 aliphatic carbocycles. The summed E-state index contributed by atoms with van der Waals surface area (Å²) in [6, 6.07) is 9.34. The van der Waals surface area contributed by atoms with Crippen molar-refractivity contribution in [2.45, 2.75) is 18.7 Å². The summed E-state index contributed by atoms with van der Waals surface area (Å²) >= 11 is 1.65. The molecule has 3 aromatic rings. The predicted octanol–water partition coefficient (Wildman–Crippen LogP) is 2.31. The van der Waals surface area contributed by atoms with Crippen LogP contribution in [0.25, 0.3) is 22.2 Å². The van der Waals surface area contributed by atoms with Gasteiger partial charge in [0.05, 0.1) is 37.6 Å². The maximum absolute atomic E-state index is 12.6. The Balaban J connectivity index is 1.66. The average molecular weight is 413 g/mol. The van der Waals surface area contributed by atoms with Crippen molar-refractivity contribution in [3.05, 3.63) is 42.7 Å². The minimum Gasteiger partial charge on any atom is -0.493 e. The van der Waals surface area contributed by atoms with Gasteiger partial charge in [-0.15, -0.1) is 0 Å². The van der Waals surface area contributed by atoms with Crippen LogP contribution in [0.3, 0.4) is 0 Å². The zero-order chi connectivity index (χ0) is 20.4. The molecule has 1 aromatic carbocycles. The van der Waals surface area contributed by atoms with E-state index in [2.05, 4.69) is 10.3 Å². The average Bonchev–Trinajstić information content (AvgIpc) is 3.33. The summed E-state index contributed by atoms with van der Waals surface area (Å²) in [5.74, 6) is 2.53. The number of nitrogens with zero attached hydrogens (tertiary/aromatic N) is 2. The van der Waals surface area contributed by atoms with Crippen LogP contribution in [0.4, 0.5) is 0 Å². The molecule has 2 unspecified atom stereocenters. The van der Waals surface area contributed by atoms with E-state index in [1.165, 1.54) is 0 Å². The number of aliphatic hydroxyl groups excluding tert-OH is 1. The minimum absolute atomic E-state index is 0.129. The maximum atomic E-state index is 12.6. The highest BCUT2D eigenvalue weighted by Gasteiger charge is 2.27. The summed E-state index contributed by atoms with van der Waals surface area (Å²) < 4.78 is 12.6. The van der Waals surface area contributed by atoms with Crippen LogP contribution in [0.1, 0.15) is 0 Å². The SMILES string of the molecule is COc1ccc(-c2nccc3ccn(CC(=O)NC4CSCC4O)c23)cc1OC. The highest BCUT2D eigenvalue weighted by molar-refractivity contribution is 7.99. The van der Waals surface area contributed by atoms with E-state index in [0.717, 1.165) is 27.9 Å². The van der Waals surface area contributed by atoms with Gasteiger partial charge in [-0.1, -0.05) is 0 Å². The van der Waals surface area contributed by atoms with Gasteiger partial charge in [-0.3, -0.25) is 9.78 Å². The monoisotopic (exact) mass is 413 g/mol. The zero-order valence-electron chi connectivity index (χ0n) is 16.3. The van der Waals surface area contributed by atoms with Gasteiger partial charge in [-0.2, -0.15) is 11.8 Å². The number of nitrogens with one attached hydrogen (secondary N) is 1. The molecular weight excluding hydrogens is 390 g/mol. The first-order chi connectivity index (χ1) is 14.1. The lowest BCUT2D eigenvalue weighted by atomic mass is 10.1. The maximum Gasteiger partial charge on any atom is 0.240 e. The van der Waals surface area contributed by atoms with Gasteiger partial charge in [0.1, 0.15) is 6.54 Å². The van der Waals surface area contributed by atoms with Gasteiger partial charge >= 0.3 is 0 Å². The number of aromatic nitrogens is 2. The molecule has 2 atom stereocenters. The molecule has 8 heteroatoms. The van der Waals surface area contributed by atoms with Gasteiger partial charge < -0.3 is 24.5 Å². The van der Waals surface area contributed by atoms with E-state index in [1.54, 1.807) is 32.2 Å². The number of pyridine rings is 1. The number of ether oxygens (including phenoxy) is 2. The van der Waals surface area contributed by atoms with E-state index in [-0.39, 0.29) is 18.5 Å². The van der Waals surface area contributed by atoms with Crippen molar-refractivity contribution in [3.63, 3.8) is 0 Å². The summed E-state index contributed by atoms with van der Waals surface area (Å²) in [6.07, 6.45) is 3.15. The van der Waals surface area contributed by atoms with Gasteiger partial charge in [0.2, 0.25) is 5.91 Å². The highest BCUT2D eigenvalue weighted by Crippen LogP contribution is 2.34. The normalized spacial score (nSPS) is 18.7. The van der Waals surface area contributed by atoms with Crippen LogP contribution in [-0.2, 0) is 11.3 Å². The molecular formula is C21H23N3O4S. The number of rotatable bonds is 6. The van der Waals surface area contributed by atoms with Gasteiger partial charge in [0.25, 0.3) is 0 Å². The van der Waals surface area contributed by atoms with Crippen LogP contribution < -0.4 is 14.8 Å². The third kappa shape index (κ3) is 3.90. The van der Waals surface area contributed by atoms with Crippen LogP contribution in [-0.4, -0.2) is 58.4 Å². The van der Waals surface area contributed by atoms with Crippen molar-refractivity contribution in [1.29, 1.82) is 0 Å². The molecule has 1 saturated heterocycles. The molecule has 1 fully saturated rings. The number of methoxy groups -OCH3 is 2. The molecule has 2 aromatic heterocycles. The van der Waals surface area contributed by atoms with Crippen molar-refractivity contribution in [3.8, 4) is 22.8 Å². The minimum atomic E-state index is -0.491. The number of thioether (sulfide) groups is 1. The Labute approximate surface area is 173 Å². The fraction of sp³-hybridized carbons (Fsp3) is 0.333. The third-order valence-electron chi connectivity index (χ3n) is 5.04. The van der Waals surface area contributed by atoms with Crippen LogP contribution in [0, 0.1) is 0 Å². The van der Waals surface area contributed by atoms with Gasteiger partial charge in [0, 0.05) is 34.8 Å². The quantitative estimate of drug-likeness (QED) is 0.645. The first-order valence-corrected chi connectivity index (χ1v) is 10.5. The lowest BCUT2D eigenvalue weighted by Gasteiger charge is -2.16. The second kappa shape index (κ2) is 8.34. The summed E-state index contributed by atoms with van der Waals surface area (Å²) in [6.45, 7) is 0.156. The lowest BCUT2D eigenvalue weighted by molar-refractivity contribution is -0.122. The van der Waals surface area contributed by atoms with Crippen LogP contribution in [0.2, 0.25) is 0 Å². The van der Waals surface area contributed by atoms with Crippen LogP contribution >= 0.6 is 11.8 Å². The number of hydrogen-bond donors (Lipinski definition) is 2. The predicted molar refractivity (Wildman–Crippen MR) is 114 cm³/mol. The first kappa shape index (κ1) is 19.6. The Morgan fingerprint density at radius 2 is 2.07 bits per heavy atom. The summed E-state index contributed by atoms with van der Waals surface area (Å²) in [5, 5.41) is 13.9. The van der Waals surface area contributed by atoms with Crippen molar-refractivity contribution in [2.75, 3.05) is 25.7 Å². The number of carbonyl (C=O) groups excluding carboxylic acids is 1. The number of fused-ring (bicyclic) bond motifs is 1. The van der Waals surface area contributed by atoms with Gasteiger partial charge in [-0.05, 0) is 30.3 Å². The molecule has 0 spiro atoms. The molecule has 3 heterocycles. The highest BCUT2D eigenvalue weighted by atomic mass is 32.2. The largest absolute Gasteiger partial charge is 0.493 e. The number of carbonyl (C=O) groups is 1. The molecule has 2 N–H and O–H groups in total. The van der Waals surface area contributed by atoms with E-state index in [4.69, 9.17) is 9.47 Å². The number of hydrogen-bond acceptors (Lipinski definition) is 6. The second-order valence-electron chi connectivity index (χ2n) is 6.89. The van der Waals surface area contributed by atoms with Gasteiger partial charge in [0.15, 0.2) is 11.5 Å². The van der Waals surface area contributed by atoms with Crippen molar-refractivity contribution >= 4 is 28.6 Å². The topological polar surface area (TPSA) is 85.6 Å². The molecule has 1 amide bonds. The smallest absolute Gasteiger partial charge is 0.240 e. The second-order valence-corrected chi connectivity index (χ2v) is 7.96. The number of aliphatic hydroxyl groups is 1. The molecule has 29 heavy (non-hydrogen) atoms. The fourth-order valence-electron chi connectivity index (χ4n) is 3.56. The van der Waals surface area contributed by atoms with Crippen molar-refractivity contribution in [1.82, 2.24) is 14.9 Å². The van der Waals surface area contributed by atoms with Crippen LogP contribution in [0.15, 0.2) is 42.7 Å². The van der Waals surface area contributed by atoms with E-state index in [0.29, 0.717) is 17.3 Å². The van der Waals surface area contributed by atoms with E-state index < -0.39 is 6.10 Å². The third-order valence-corrected chi connectivity index (χ3v) is 6.22. The Kier molecular flexibility index (Phi) is 5.64. The summed E-state index contributed by atoms with van der Waals surface area (Å²) in [4.78, 5) is 17.1. The summed E-state index contributed by atoms with van der Waals surface area (Å²) in [5.41, 5.74) is 2.50. The Bertz CT molecular complexity index is 1040. The Hall–Kier alpha value is -2.71. The van der Waals surface area contributed by atoms with Crippen LogP contribution in [0.5, 0.6) is 11.5 Å². The molecule has 0 radical (unpaired) electrons. The molecule has 4 rings (SSSR count). The molecule has 0 bridgehead atoms. The number of amides is 1. The molecule has 1 aliphatic heterocycles. The Morgan fingerprint density at radius 1 is 1.24 bits per heavy atom. The first-order valence-electron chi connectivity index (χ1n) is 9.32. The van der Waals surface area contributed by atoms with E-state index >= 15 is 0 Å². The molecule has 1 aliphatic rings. The van der Waals surface area contributed by atoms with Crippen molar-refractivity contribution < 1.29 is 19.4 Å². The van der Waals surface area contributed by atoms with Crippen molar-refractivity contribution in [2.24, 2.45) is 0 Å². The Morgan fingerprint density at radius 3 is 2.79 bits per heavy atom. The molecule has 7 nitrogen and oxygen atoms in total. The standard InChI is InChI=1S/C21H23N3O4S/c1-27-17-4-3-14(9-18(17)28-2)20-21-13(5-7-22-20)6-8-24(21)10-19(26)23-15-11-29-12-16(15)25/h3-9,15-16,25H,10-12H2,1-2H3,(H,23,26). The molecule has 152 valence electrons. The summed E-state index contributed by atoms with van der Waals surface area (Å²) in [7, 11) is 3.19. The number of benzene rings is 1.